The van der Waals surface area contributed by atoms with Gasteiger partial charge < -0.3 is 4.90 Å². The summed E-state index contributed by atoms with van der Waals surface area (Å²) in [6.07, 6.45) is 0. The Bertz CT molecular complexity index is 461. The average molecular weight is 237 g/mol. The zero-order valence-electron chi connectivity index (χ0n) is 8.77. The smallest absolute Gasteiger partial charge is 0.292 e. The first-order valence-corrected chi connectivity index (χ1v) is 5.82. The summed E-state index contributed by atoms with van der Waals surface area (Å²) < 4.78 is 0. The summed E-state index contributed by atoms with van der Waals surface area (Å²) in [5.74, 6) is 0.809. The minimum absolute atomic E-state index is 0.0675. The van der Waals surface area contributed by atoms with E-state index < -0.39 is 4.92 Å². The summed E-state index contributed by atoms with van der Waals surface area (Å²) in [5, 5.41) is 19.0. The molecule has 0 atom stereocenters. The number of benzene rings is 1. The highest BCUT2D eigenvalue weighted by Crippen LogP contribution is 2.33. The first-order valence-electron chi connectivity index (χ1n) is 4.83. The highest BCUT2D eigenvalue weighted by Gasteiger charge is 2.26. The van der Waals surface area contributed by atoms with Crippen molar-refractivity contribution in [2.45, 2.75) is 6.92 Å². The topological polar surface area (TPSA) is 70.2 Å². The molecule has 0 aromatic heterocycles. The molecule has 1 aliphatic rings. The van der Waals surface area contributed by atoms with Gasteiger partial charge in [0.2, 0.25) is 0 Å². The van der Waals surface area contributed by atoms with Gasteiger partial charge in [0.15, 0.2) is 5.17 Å². The molecule has 1 N–H and O–H groups in total. The van der Waals surface area contributed by atoms with E-state index in [2.05, 4.69) is 0 Å². The van der Waals surface area contributed by atoms with Crippen molar-refractivity contribution in [1.29, 1.82) is 5.41 Å². The molecule has 1 aliphatic heterocycles. The van der Waals surface area contributed by atoms with Crippen LogP contribution >= 0.6 is 11.8 Å². The minimum Gasteiger partial charge on any atom is -0.315 e. The van der Waals surface area contributed by atoms with Crippen LogP contribution in [0.3, 0.4) is 0 Å². The normalized spacial score (nSPS) is 15.6. The van der Waals surface area contributed by atoms with Gasteiger partial charge in [-0.05, 0) is 18.6 Å². The van der Waals surface area contributed by atoms with E-state index in [4.69, 9.17) is 5.41 Å². The number of rotatable bonds is 2. The molecule has 1 heterocycles. The summed E-state index contributed by atoms with van der Waals surface area (Å²) in [4.78, 5) is 12.2. The van der Waals surface area contributed by atoms with Crippen LogP contribution in [0.1, 0.15) is 5.56 Å². The van der Waals surface area contributed by atoms with Crippen LogP contribution in [0.15, 0.2) is 18.2 Å². The fourth-order valence-corrected chi connectivity index (χ4v) is 2.46. The van der Waals surface area contributed by atoms with Gasteiger partial charge in [-0.15, -0.1) is 0 Å². The van der Waals surface area contributed by atoms with Crippen molar-refractivity contribution < 1.29 is 4.92 Å². The first kappa shape index (κ1) is 10.9. The van der Waals surface area contributed by atoms with E-state index in [0.717, 1.165) is 11.3 Å². The van der Waals surface area contributed by atoms with Crippen molar-refractivity contribution in [2.75, 3.05) is 17.2 Å². The second kappa shape index (κ2) is 4.13. The van der Waals surface area contributed by atoms with Gasteiger partial charge in [-0.25, -0.2) is 0 Å². The second-order valence-corrected chi connectivity index (χ2v) is 4.64. The number of anilines is 1. The molecule has 0 radical (unpaired) electrons. The lowest BCUT2D eigenvalue weighted by Gasteiger charge is -2.17. The number of hydrogen-bond acceptors (Lipinski definition) is 4. The molecule has 16 heavy (non-hydrogen) atoms. The number of nitro benzene ring substituents is 1. The fourth-order valence-electron chi connectivity index (χ4n) is 1.65. The largest absolute Gasteiger partial charge is 0.315 e. The summed E-state index contributed by atoms with van der Waals surface area (Å²) >= 11 is 1.41. The Labute approximate surface area is 97.1 Å². The molecule has 1 aromatic carbocycles. The maximum absolute atomic E-state index is 10.9. The van der Waals surface area contributed by atoms with Gasteiger partial charge in [0.1, 0.15) is 5.69 Å². The van der Waals surface area contributed by atoms with Crippen molar-refractivity contribution in [3.8, 4) is 0 Å². The summed E-state index contributed by atoms with van der Waals surface area (Å²) in [5.41, 5.74) is 1.56. The second-order valence-electron chi connectivity index (χ2n) is 3.55. The molecule has 84 valence electrons. The van der Waals surface area contributed by atoms with E-state index in [0.29, 0.717) is 17.4 Å². The van der Waals surface area contributed by atoms with Crippen molar-refractivity contribution in [2.24, 2.45) is 0 Å². The standard InChI is InChI=1S/C10H11N3O2S/c1-7-2-3-8(13(14)15)9(6-7)12-4-5-16-10(12)11/h2-3,6,11H,4-5H2,1H3. The molecular formula is C10H11N3O2S. The lowest BCUT2D eigenvalue weighted by atomic mass is 10.2. The Morgan fingerprint density at radius 2 is 2.31 bits per heavy atom. The number of nitrogens with zero attached hydrogens (tertiary/aromatic N) is 2. The fraction of sp³-hybridized carbons (Fsp3) is 0.300. The van der Waals surface area contributed by atoms with Crippen LogP contribution in [0.25, 0.3) is 0 Å². The molecule has 0 amide bonds. The van der Waals surface area contributed by atoms with Gasteiger partial charge >= 0.3 is 0 Å². The molecule has 1 fully saturated rings. The number of nitro groups is 1. The maximum Gasteiger partial charge on any atom is 0.292 e. The molecule has 6 heteroatoms. The van der Waals surface area contributed by atoms with Crippen LogP contribution in [0.5, 0.6) is 0 Å². The predicted molar refractivity (Wildman–Crippen MR) is 65.4 cm³/mol. The molecule has 0 saturated carbocycles. The third-order valence-corrected chi connectivity index (χ3v) is 3.30. The van der Waals surface area contributed by atoms with Gasteiger partial charge in [0.25, 0.3) is 5.69 Å². The van der Waals surface area contributed by atoms with Crippen LogP contribution in [-0.2, 0) is 0 Å². The van der Waals surface area contributed by atoms with Gasteiger partial charge in [-0.2, -0.15) is 0 Å². The van der Waals surface area contributed by atoms with E-state index in [-0.39, 0.29) is 5.69 Å². The summed E-state index contributed by atoms with van der Waals surface area (Å²) in [7, 11) is 0. The molecule has 1 saturated heterocycles. The highest BCUT2D eigenvalue weighted by atomic mass is 32.2. The molecule has 1 aromatic rings. The number of aryl methyl sites for hydroxylation is 1. The number of amidine groups is 1. The van der Waals surface area contributed by atoms with Gasteiger partial charge in [0, 0.05) is 18.4 Å². The molecule has 5 nitrogen and oxygen atoms in total. The molecule has 2 rings (SSSR count). The number of hydrogen-bond donors (Lipinski definition) is 1. The Balaban J connectivity index is 2.48. The van der Waals surface area contributed by atoms with E-state index in [9.17, 15) is 10.1 Å². The van der Waals surface area contributed by atoms with Gasteiger partial charge in [0.05, 0.1) is 4.92 Å². The van der Waals surface area contributed by atoms with E-state index in [1.54, 1.807) is 17.0 Å². The molecule has 0 unspecified atom stereocenters. The Kier molecular flexibility index (Phi) is 2.82. The molecule has 0 spiro atoms. The minimum atomic E-state index is -0.398. The SMILES string of the molecule is Cc1ccc([N+](=O)[O-])c(N2CCSC2=N)c1. The van der Waals surface area contributed by atoms with Crippen LogP contribution in [0.4, 0.5) is 11.4 Å². The Morgan fingerprint density at radius 1 is 1.56 bits per heavy atom. The monoisotopic (exact) mass is 237 g/mol. The third kappa shape index (κ3) is 1.88. The highest BCUT2D eigenvalue weighted by molar-refractivity contribution is 8.14. The van der Waals surface area contributed by atoms with Crippen molar-refractivity contribution >= 4 is 28.3 Å². The lowest BCUT2D eigenvalue weighted by Crippen LogP contribution is -2.23. The van der Waals surface area contributed by atoms with E-state index >= 15 is 0 Å². The molecule has 0 bridgehead atoms. The Hall–Kier alpha value is -1.56. The van der Waals surface area contributed by atoms with Crippen molar-refractivity contribution in [3.63, 3.8) is 0 Å². The summed E-state index contributed by atoms with van der Waals surface area (Å²) in [6.45, 7) is 2.55. The maximum atomic E-state index is 10.9. The summed E-state index contributed by atoms with van der Waals surface area (Å²) in [6, 6.07) is 4.98. The van der Waals surface area contributed by atoms with Gasteiger partial charge in [-0.3, -0.25) is 15.5 Å². The van der Waals surface area contributed by atoms with Crippen molar-refractivity contribution in [1.82, 2.24) is 0 Å². The first-order chi connectivity index (χ1) is 7.59. The van der Waals surface area contributed by atoms with E-state index in [1.165, 1.54) is 17.8 Å². The van der Waals surface area contributed by atoms with Crippen LogP contribution in [0, 0.1) is 22.4 Å². The zero-order valence-corrected chi connectivity index (χ0v) is 9.58. The van der Waals surface area contributed by atoms with Crippen LogP contribution in [-0.4, -0.2) is 22.4 Å². The van der Waals surface area contributed by atoms with Crippen molar-refractivity contribution in [3.05, 3.63) is 33.9 Å². The Morgan fingerprint density at radius 3 is 2.88 bits per heavy atom. The average Bonchev–Trinajstić information content (AvgIpc) is 2.63. The van der Waals surface area contributed by atoms with E-state index in [1.807, 2.05) is 6.92 Å². The predicted octanol–water partition coefficient (Wildman–Crippen LogP) is 2.39. The zero-order chi connectivity index (χ0) is 11.7. The molecular weight excluding hydrogens is 226 g/mol. The van der Waals surface area contributed by atoms with Crippen LogP contribution in [0.2, 0.25) is 0 Å². The number of thioether (sulfide) groups is 1. The van der Waals surface area contributed by atoms with Gasteiger partial charge in [-0.1, -0.05) is 17.8 Å². The van der Waals surface area contributed by atoms with Crippen LogP contribution < -0.4 is 4.90 Å². The lowest BCUT2D eigenvalue weighted by molar-refractivity contribution is -0.384. The third-order valence-electron chi connectivity index (χ3n) is 2.42. The quantitative estimate of drug-likeness (QED) is 0.633. The number of nitrogens with one attached hydrogen (secondary N) is 1. The molecule has 0 aliphatic carbocycles.